The van der Waals surface area contributed by atoms with Crippen LogP contribution in [0.1, 0.15) is 43.6 Å². The molecule has 1 aliphatic carbocycles. The van der Waals surface area contributed by atoms with Crippen LogP contribution in [0.15, 0.2) is 23.2 Å². The van der Waals surface area contributed by atoms with Crippen LogP contribution in [-0.2, 0) is 9.47 Å². The number of benzene rings is 1. The van der Waals surface area contributed by atoms with Crippen molar-refractivity contribution in [1.29, 1.82) is 0 Å². The Labute approximate surface area is 171 Å². The Kier molecular flexibility index (Phi) is 6.38. The zero-order valence-corrected chi connectivity index (χ0v) is 17.1. The van der Waals surface area contributed by atoms with Crippen LogP contribution in [0.3, 0.4) is 0 Å². The summed E-state index contributed by atoms with van der Waals surface area (Å²) in [5.41, 5.74) is 0.623. The second-order valence-electron chi connectivity index (χ2n) is 7.93. The van der Waals surface area contributed by atoms with E-state index in [1.807, 2.05) is 0 Å². The lowest BCUT2D eigenvalue weighted by atomic mass is 10.1. The quantitative estimate of drug-likeness (QED) is 0.596. The van der Waals surface area contributed by atoms with E-state index in [2.05, 4.69) is 15.2 Å². The van der Waals surface area contributed by atoms with Gasteiger partial charge in [0, 0.05) is 49.3 Å². The van der Waals surface area contributed by atoms with E-state index in [9.17, 15) is 4.39 Å². The normalized spacial score (nSPS) is 28.6. The van der Waals surface area contributed by atoms with Crippen molar-refractivity contribution in [2.75, 3.05) is 33.4 Å². The number of hydrogen-bond donors (Lipinski definition) is 1. The first-order valence-corrected chi connectivity index (χ1v) is 10.7. The third-order valence-electron chi connectivity index (χ3n) is 5.97. The van der Waals surface area contributed by atoms with E-state index < -0.39 is 0 Å². The van der Waals surface area contributed by atoms with Crippen LogP contribution in [0.4, 0.5) is 4.39 Å². The average molecular weight is 410 g/mol. The number of nitrogens with zero attached hydrogens (tertiary/aromatic N) is 2. The molecule has 2 heterocycles. The maximum Gasteiger partial charge on any atom is 0.193 e. The Bertz CT molecular complexity index is 683. The van der Waals surface area contributed by atoms with Crippen molar-refractivity contribution < 1.29 is 13.9 Å². The first-order valence-electron chi connectivity index (χ1n) is 10.3. The van der Waals surface area contributed by atoms with Gasteiger partial charge in [0.2, 0.25) is 0 Å². The lowest BCUT2D eigenvalue weighted by Crippen LogP contribution is -2.48. The molecule has 2 saturated heterocycles. The largest absolute Gasteiger partial charge is 0.376 e. The highest BCUT2D eigenvalue weighted by Gasteiger charge is 2.42. The molecule has 4 rings (SSSR count). The fraction of sp³-hybridized carbons (Fsp3) is 0.667. The number of ether oxygens (including phenoxy) is 2. The molecule has 7 heteroatoms. The van der Waals surface area contributed by atoms with Gasteiger partial charge in [0.1, 0.15) is 5.82 Å². The van der Waals surface area contributed by atoms with Gasteiger partial charge in [-0.25, -0.2) is 4.39 Å². The Balaban J connectivity index is 1.24. The molecule has 28 heavy (non-hydrogen) atoms. The van der Waals surface area contributed by atoms with Crippen LogP contribution in [0.25, 0.3) is 0 Å². The third kappa shape index (κ3) is 4.61. The molecule has 0 spiro atoms. The minimum absolute atomic E-state index is 0.109. The van der Waals surface area contributed by atoms with Crippen LogP contribution < -0.4 is 5.32 Å². The highest BCUT2D eigenvalue weighted by atomic mass is 35.5. The maximum absolute atomic E-state index is 14.1. The second-order valence-corrected chi connectivity index (χ2v) is 8.34. The molecule has 1 aromatic carbocycles. The van der Waals surface area contributed by atoms with Crippen LogP contribution in [0.5, 0.6) is 0 Å². The number of guanidine groups is 1. The van der Waals surface area contributed by atoms with Gasteiger partial charge in [-0.3, -0.25) is 4.99 Å². The fourth-order valence-corrected chi connectivity index (χ4v) is 4.56. The molecule has 1 saturated carbocycles. The molecule has 1 N–H and O–H groups in total. The summed E-state index contributed by atoms with van der Waals surface area (Å²) in [7, 11) is 1.80. The summed E-state index contributed by atoms with van der Waals surface area (Å²) in [6, 6.07) is 5.07. The monoisotopic (exact) mass is 409 g/mol. The number of nitrogens with one attached hydrogen (secondary N) is 1. The third-order valence-corrected chi connectivity index (χ3v) is 6.30. The van der Waals surface area contributed by atoms with Gasteiger partial charge in [0.25, 0.3) is 0 Å². The predicted molar refractivity (Wildman–Crippen MR) is 109 cm³/mol. The van der Waals surface area contributed by atoms with E-state index in [1.54, 1.807) is 19.2 Å². The van der Waals surface area contributed by atoms with Crippen molar-refractivity contribution in [3.05, 3.63) is 34.6 Å². The Hall–Kier alpha value is -1.37. The van der Waals surface area contributed by atoms with Gasteiger partial charge in [-0.15, -0.1) is 0 Å². The standard InChI is InChI=1S/C21H29ClFN3O2/c1-24-21(25-19-12-16(19)20-17(22)5-2-6-18(20)23)26-9-7-14(8-10-26)28-13-15-4-3-11-27-15/h2,5-6,14-16,19H,3-4,7-13H2,1H3,(H,24,25). The molecule has 3 aliphatic rings. The first kappa shape index (κ1) is 19.9. The molecule has 0 radical (unpaired) electrons. The van der Waals surface area contributed by atoms with E-state index >= 15 is 0 Å². The zero-order valence-electron chi connectivity index (χ0n) is 16.4. The second kappa shape index (κ2) is 8.97. The molecule has 0 bridgehead atoms. The van der Waals surface area contributed by atoms with E-state index in [0.29, 0.717) is 23.3 Å². The highest BCUT2D eigenvalue weighted by molar-refractivity contribution is 6.31. The molecule has 3 unspecified atom stereocenters. The summed E-state index contributed by atoms with van der Waals surface area (Å²) in [6.07, 6.45) is 5.69. The van der Waals surface area contributed by atoms with Crippen molar-refractivity contribution in [1.82, 2.24) is 10.2 Å². The van der Waals surface area contributed by atoms with Crippen molar-refractivity contribution >= 4 is 17.6 Å². The molecule has 3 atom stereocenters. The molecular weight excluding hydrogens is 381 g/mol. The number of hydrogen-bond acceptors (Lipinski definition) is 3. The smallest absolute Gasteiger partial charge is 0.193 e. The molecule has 0 aromatic heterocycles. The molecule has 0 amide bonds. The molecular formula is C21H29ClFN3O2. The van der Waals surface area contributed by atoms with E-state index in [4.69, 9.17) is 21.1 Å². The summed E-state index contributed by atoms with van der Waals surface area (Å²) in [6.45, 7) is 3.40. The van der Waals surface area contributed by atoms with Crippen molar-refractivity contribution in [3.63, 3.8) is 0 Å². The van der Waals surface area contributed by atoms with E-state index in [-0.39, 0.29) is 23.9 Å². The fourth-order valence-electron chi connectivity index (χ4n) is 4.26. The van der Waals surface area contributed by atoms with Crippen LogP contribution in [-0.4, -0.2) is 62.5 Å². The van der Waals surface area contributed by atoms with E-state index in [1.165, 1.54) is 6.07 Å². The van der Waals surface area contributed by atoms with Crippen LogP contribution in [0, 0.1) is 5.82 Å². The van der Waals surface area contributed by atoms with Gasteiger partial charge >= 0.3 is 0 Å². The zero-order chi connectivity index (χ0) is 19.5. The number of halogens is 2. The minimum Gasteiger partial charge on any atom is -0.376 e. The number of likely N-dealkylation sites (tertiary alicyclic amines) is 1. The molecule has 5 nitrogen and oxygen atoms in total. The van der Waals surface area contributed by atoms with Crippen LogP contribution >= 0.6 is 11.6 Å². The van der Waals surface area contributed by atoms with Gasteiger partial charge < -0.3 is 19.7 Å². The summed E-state index contributed by atoms with van der Waals surface area (Å²) in [4.78, 5) is 6.71. The van der Waals surface area contributed by atoms with Crippen molar-refractivity contribution in [2.24, 2.45) is 4.99 Å². The minimum atomic E-state index is -0.221. The van der Waals surface area contributed by atoms with Gasteiger partial charge in [0.05, 0.1) is 18.8 Å². The lowest BCUT2D eigenvalue weighted by molar-refractivity contribution is -0.0367. The van der Waals surface area contributed by atoms with Gasteiger partial charge in [-0.2, -0.15) is 0 Å². The molecule has 154 valence electrons. The lowest BCUT2D eigenvalue weighted by Gasteiger charge is -2.34. The predicted octanol–water partition coefficient (Wildman–Crippen LogP) is 3.57. The topological polar surface area (TPSA) is 46.1 Å². The Morgan fingerprint density at radius 2 is 2.18 bits per heavy atom. The first-order chi connectivity index (χ1) is 13.7. The van der Waals surface area contributed by atoms with E-state index in [0.717, 1.165) is 57.8 Å². The summed E-state index contributed by atoms with van der Waals surface area (Å²) >= 11 is 6.21. The number of aliphatic imine (C=N–C) groups is 1. The summed E-state index contributed by atoms with van der Waals surface area (Å²) in [5, 5.41) is 4.00. The van der Waals surface area contributed by atoms with Gasteiger partial charge in [-0.1, -0.05) is 17.7 Å². The summed E-state index contributed by atoms with van der Waals surface area (Å²) < 4.78 is 25.8. The highest BCUT2D eigenvalue weighted by Crippen LogP contribution is 2.45. The Morgan fingerprint density at radius 1 is 1.36 bits per heavy atom. The van der Waals surface area contributed by atoms with Gasteiger partial charge in [-0.05, 0) is 44.2 Å². The van der Waals surface area contributed by atoms with Gasteiger partial charge in [0.15, 0.2) is 5.96 Å². The maximum atomic E-state index is 14.1. The molecule has 1 aromatic rings. The molecule has 3 fully saturated rings. The van der Waals surface area contributed by atoms with Crippen LogP contribution in [0.2, 0.25) is 5.02 Å². The average Bonchev–Trinajstić information content (AvgIpc) is 3.23. The SMILES string of the molecule is CN=C(NC1CC1c1c(F)cccc1Cl)N1CCC(OCC2CCCO2)CC1. The van der Waals surface area contributed by atoms with Crippen molar-refractivity contribution in [3.8, 4) is 0 Å². The molecule has 2 aliphatic heterocycles. The number of piperidine rings is 1. The summed E-state index contributed by atoms with van der Waals surface area (Å²) in [5.74, 6) is 0.774. The van der Waals surface area contributed by atoms with Crippen molar-refractivity contribution in [2.45, 2.75) is 56.3 Å². The number of rotatable bonds is 5. The Morgan fingerprint density at radius 3 is 2.86 bits per heavy atom.